The lowest BCUT2D eigenvalue weighted by Gasteiger charge is -2.13. The number of halogens is 2. The SMILES string of the molecule is NS(=O)(=O)c1ccc(NC(=O)COc2ccc(Br)cc2/C=C2\S/C(=N\N=C\c3cccc(Br)c3)N(Cc3ccco3)C2=O)cc1. The van der Waals surface area contributed by atoms with Gasteiger partial charge in [-0.1, -0.05) is 44.0 Å². The highest BCUT2D eigenvalue weighted by atomic mass is 79.9. The van der Waals surface area contributed by atoms with Crippen LogP contribution in [0.2, 0.25) is 0 Å². The van der Waals surface area contributed by atoms with E-state index in [1.54, 1.807) is 42.6 Å². The average Bonchev–Trinajstić information content (AvgIpc) is 3.61. The molecule has 2 heterocycles. The molecule has 45 heavy (non-hydrogen) atoms. The summed E-state index contributed by atoms with van der Waals surface area (Å²) in [4.78, 5) is 27.9. The van der Waals surface area contributed by atoms with Crippen molar-refractivity contribution in [3.05, 3.63) is 116 Å². The van der Waals surface area contributed by atoms with E-state index < -0.39 is 15.9 Å². The zero-order valence-corrected chi connectivity index (χ0v) is 27.9. The van der Waals surface area contributed by atoms with Gasteiger partial charge < -0.3 is 14.5 Å². The normalized spacial score (nSPS) is 15.4. The predicted molar refractivity (Wildman–Crippen MR) is 180 cm³/mol. The number of furan rings is 1. The number of nitrogens with two attached hydrogens (primary N) is 1. The molecule has 0 radical (unpaired) electrons. The van der Waals surface area contributed by atoms with Crippen molar-refractivity contribution < 1.29 is 27.2 Å². The number of amidine groups is 1. The van der Waals surface area contributed by atoms with Crippen LogP contribution >= 0.6 is 43.6 Å². The van der Waals surface area contributed by atoms with E-state index in [2.05, 4.69) is 47.4 Å². The summed E-state index contributed by atoms with van der Waals surface area (Å²) in [6.45, 7) is -0.195. The van der Waals surface area contributed by atoms with Crippen LogP contribution in [0.1, 0.15) is 16.9 Å². The Kier molecular flexibility index (Phi) is 10.4. The van der Waals surface area contributed by atoms with Crippen LogP contribution in [-0.4, -0.2) is 43.1 Å². The molecule has 4 aromatic rings. The molecule has 15 heteroatoms. The summed E-state index contributed by atoms with van der Waals surface area (Å²) in [5.41, 5.74) is 1.74. The zero-order chi connectivity index (χ0) is 32.0. The summed E-state index contributed by atoms with van der Waals surface area (Å²) in [6, 6.07) is 21.7. The summed E-state index contributed by atoms with van der Waals surface area (Å²) < 4.78 is 35.8. The first-order valence-electron chi connectivity index (χ1n) is 13.0. The molecule has 11 nitrogen and oxygen atoms in total. The first kappa shape index (κ1) is 32.4. The maximum Gasteiger partial charge on any atom is 0.267 e. The van der Waals surface area contributed by atoms with Gasteiger partial charge in [0.1, 0.15) is 11.5 Å². The Bertz CT molecular complexity index is 1930. The second-order valence-corrected chi connectivity index (χ2v) is 13.8. The van der Waals surface area contributed by atoms with Crippen LogP contribution in [-0.2, 0) is 26.2 Å². The van der Waals surface area contributed by atoms with E-state index in [1.165, 1.54) is 35.4 Å². The number of amides is 2. The Morgan fingerprint density at radius 3 is 2.53 bits per heavy atom. The molecule has 0 unspecified atom stereocenters. The van der Waals surface area contributed by atoms with Crippen molar-refractivity contribution in [2.24, 2.45) is 15.3 Å². The number of hydrogen-bond acceptors (Lipinski definition) is 9. The van der Waals surface area contributed by atoms with Crippen molar-refractivity contribution in [1.29, 1.82) is 0 Å². The molecular weight excluding hydrogens is 750 g/mol. The maximum absolute atomic E-state index is 13.6. The quantitative estimate of drug-likeness (QED) is 0.114. The Labute approximate surface area is 279 Å². The smallest absolute Gasteiger partial charge is 0.267 e. The molecule has 3 N–H and O–H groups in total. The number of sulfonamides is 1. The van der Waals surface area contributed by atoms with Crippen LogP contribution in [0.3, 0.4) is 0 Å². The van der Waals surface area contributed by atoms with Crippen molar-refractivity contribution in [1.82, 2.24) is 4.90 Å². The average molecular weight is 773 g/mol. The molecule has 1 aromatic heterocycles. The highest BCUT2D eigenvalue weighted by Crippen LogP contribution is 2.36. The highest BCUT2D eigenvalue weighted by molar-refractivity contribution is 9.10. The number of benzene rings is 3. The van der Waals surface area contributed by atoms with E-state index >= 15 is 0 Å². The number of carbonyl (C=O) groups excluding carboxylic acids is 2. The Hall–Kier alpha value is -4.02. The van der Waals surface area contributed by atoms with Crippen molar-refractivity contribution in [2.45, 2.75) is 11.4 Å². The van der Waals surface area contributed by atoms with Crippen LogP contribution in [0.4, 0.5) is 5.69 Å². The van der Waals surface area contributed by atoms with Gasteiger partial charge in [0.05, 0.1) is 28.8 Å². The molecule has 0 atom stereocenters. The standard InChI is InChI=1S/C30H23Br2N5O6S2/c31-21-4-1-3-19(13-21)16-34-36-30-37(17-24-5-2-12-42-24)29(39)27(44-30)15-20-14-22(32)6-11-26(20)43-18-28(38)35-23-7-9-25(10-8-23)45(33,40)41/h1-16H,17-18H2,(H,35,38)(H2,33,40,41)/b27-15-,34-16+,36-30-. The number of hydrogen-bond donors (Lipinski definition) is 2. The third-order valence-corrected chi connectivity index (χ3v) is 8.98. The van der Waals surface area contributed by atoms with Crippen LogP contribution in [0, 0.1) is 0 Å². The van der Waals surface area contributed by atoms with E-state index in [9.17, 15) is 18.0 Å². The molecule has 1 saturated heterocycles. The first-order valence-corrected chi connectivity index (χ1v) is 17.0. The van der Waals surface area contributed by atoms with Crippen molar-refractivity contribution in [3.8, 4) is 5.75 Å². The molecule has 0 bridgehead atoms. The number of carbonyl (C=O) groups is 2. The topological polar surface area (TPSA) is 157 Å². The van der Waals surface area contributed by atoms with Crippen molar-refractivity contribution >= 4 is 88.6 Å². The lowest BCUT2D eigenvalue weighted by atomic mass is 10.2. The molecule has 1 aliphatic rings. The fraction of sp³-hybridized carbons (Fsp3) is 0.0667. The van der Waals surface area contributed by atoms with E-state index in [0.717, 1.165) is 26.3 Å². The molecule has 2 amide bonds. The minimum absolute atomic E-state index is 0.0733. The fourth-order valence-electron chi connectivity index (χ4n) is 3.99. The van der Waals surface area contributed by atoms with Crippen LogP contribution < -0.4 is 15.2 Å². The molecule has 0 spiro atoms. The number of nitrogens with zero attached hydrogens (tertiary/aromatic N) is 3. The van der Waals surface area contributed by atoms with E-state index in [4.69, 9.17) is 14.3 Å². The summed E-state index contributed by atoms with van der Waals surface area (Å²) in [7, 11) is -3.85. The molecule has 230 valence electrons. The summed E-state index contributed by atoms with van der Waals surface area (Å²) in [5.74, 6) is 0.146. The number of nitrogens with one attached hydrogen (secondary N) is 1. The molecule has 1 aliphatic heterocycles. The van der Waals surface area contributed by atoms with Gasteiger partial charge in [-0.05, 0) is 90.1 Å². The lowest BCUT2D eigenvalue weighted by molar-refractivity contribution is -0.122. The van der Waals surface area contributed by atoms with Crippen molar-refractivity contribution in [3.63, 3.8) is 0 Å². The number of thioether (sulfide) groups is 1. The number of ether oxygens (including phenoxy) is 1. The maximum atomic E-state index is 13.6. The Balaban J connectivity index is 1.34. The first-order chi connectivity index (χ1) is 21.5. The summed E-state index contributed by atoms with van der Waals surface area (Å²) >= 11 is 8.03. The molecule has 0 saturated carbocycles. The Morgan fingerprint density at radius 2 is 1.82 bits per heavy atom. The van der Waals surface area contributed by atoms with Gasteiger partial charge in [0.2, 0.25) is 10.0 Å². The third kappa shape index (κ3) is 8.79. The third-order valence-electron chi connectivity index (χ3n) is 6.06. The van der Waals surface area contributed by atoms with Gasteiger partial charge in [0.15, 0.2) is 11.8 Å². The second-order valence-electron chi connectivity index (χ2n) is 9.35. The summed E-state index contributed by atoms with van der Waals surface area (Å²) in [5, 5.41) is 16.7. The summed E-state index contributed by atoms with van der Waals surface area (Å²) in [6.07, 6.45) is 4.78. The second kappa shape index (κ2) is 14.4. The van der Waals surface area contributed by atoms with Crippen molar-refractivity contribution in [2.75, 3.05) is 11.9 Å². The van der Waals surface area contributed by atoms with Crippen LogP contribution in [0.5, 0.6) is 5.75 Å². The lowest BCUT2D eigenvalue weighted by Crippen LogP contribution is -2.28. The highest BCUT2D eigenvalue weighted by Gasteiger charge is 2.34. The van der Waals surface area contributed by atoms with Gasteiger partial charge in [0, 0.05) is 20.2 Å². The minimum Gasteiger partial charge on any atom is -0.483 e. The Morgan fingerprint density at radius 1 is 1.04 bits per heavy atom. The van der Waals surface area contributed by atoms with E-state index in [1.807, 2.05) is 24.3 Å². The monoisotopic (exact) mass is 771 g/mol. The number of primary sulfonamides is 1. The molecule has 0 aliphatic carbocycles. The fourth-order valence-corrected chi connectivity index (χ4v) is 6.22. The van der Waals surface area contributed by atoms with Gasteiger partial charge in [-0.15, -0.1) is 5.10 Å². The predicted octanol–water partition coefficient (Wildman–Crippen LogP) is 5.98. The number of rotatable bonds is 10. The number of anilines is 1. The largest absolute Gasteiger partial charge is 0.483 e. The molecular formula is C30H23Br2N5O6S2. The zero-order valence-electron chi connectivity index (χ0n) is 23.1. The van der Waals surface area contributed by atoms with Gasteiger partial charge in [-0.2, -0.15) is 5.10 Å². The van der Waals surface area contributed by atoms with Crippen LogP contribution in [0.15, 0.2) is 118 Å². The van der Waals surface area contributed by atoms with Crippen LogP contribution in [0.25, 0.3) is 6.08 Å². The molecule has 5 rings (SSSR count). The van der Waals surface area contributed by atoms with E-state index in [0.29, 0.717) is 32.8 Å². The van der Waals surface area contributed by atoms with Gasteiger partial charge in [0.25, 0.3) is 11.8 Å². The molecule has 3 aromatic carbocycles. The minimum atomic E-state index is -3.85. The van der Waals surface area contributed by atoms with Gasteiger partial charge in [-0.25, -0.2) is 13.6 Å². The van der Waals surface area contributed by atoms with Gasteiger partial charge in [-0.3, -0.25) is 14.5 Å². The molecule has 1 fully saturated rings. The van der Waals surface area contributed by atoms with E-state index in [-0.39, 0.29) is 24.0 Å². The van der Waals surface area contributed by atoms with Gasteiger partial charge >= 0.3 is 0 Å².